The number of hydrogen-bond acceptors (Lipinski definition) is 3. The van der Waals surface area contributed by atoms with Gasteiger partial charge in [0.1, 0.15) is 22.8 Å². The average Bonchev–Trinajstić information content (AvgIpc) is 2.95. The molecule has 0 saturated heterocycles. The molecule has 0 radical (unpaired) electrons. The van der Waals surface area contributed by atoms with E-state index in [0.29, 0.717) is 29.1 Å². The number of rotatable bonds is 4. The van der Waals surface area contributed by atoms with Gasteiger partial charge in [-0.2, -0.15) is 0 Å². The topological polar surface area (TPSA) is 55.1 Å². The van der Waals surface area contributed by atoms with Crippen LogP contribution in [0.25, 0.3) is 11.3 Å². The highest BCUT2D eigenvalue weighted by molar-refractivity contribution is 6.00. The monoisotopic (exact) mass is 324 g/mol. The maximum atomic E-state index is 13.1. The van der Waals surface area contributed by atoms with Gasteiger partial charge < -0.3 is 9.84 Å². The number of carbonyl (C=O) groups excluding carboxylic acids is 1. The summed E-state index contributed by atoms with van der Waals surface area (Å²) in [5.74, 6) is -0.185. The number of aryl methyl sites for hydroxylation is 2. The molecule has 1 heterocycles. The van der Waals surface area contributed by atoms with E-state index in [4.69, 9.17) is 4.52 Å². The maximum absolute atomic E-state index is 13.1. The van der Waals surface area contributed by atoms with Crippen molar-refractivity contribution in [3.05, 3.63) is 76.8 Å². The maximum Gasteiger partial charge on any atom is 0.257 e. The zero-order valence-corrected chi connectivity index (χ0v) is 13.5. The quantitative estimate of drug-likeness (QED) is 0.788. The van der Waals surface area contributed by atoms with Crippen LogP contribution >= 0.6 is 0 Å². The minimum absolute atomic E-state index is 0.269. The second kappa shape index (κ2) is 6.66. The van der Waals surface area contributed by atoms with E-state index in [9.17, 15) is 9.18 Å². The molecule has 5 heteroatoms. The van der Waals surface area contributed by atoms with Crippen LogP contribution in [0.5, 0.6) is 0 Å². The van der Waals surface area contributed by atoms with E-state index >= 15 is 0 Å². The third-order valence-electron chi connectivity index (χ3n) is 3.74. The Bertz CT molecular complexity index is 869. The Kier molecular flexibility index (Phi) is 4.42. The van der Waals surface area contributed by atoms with Crippen molar-refractivity contribution < 1.29 is 13.7 Å². The van der Waals surface area contributed by atoms with Crippen LogP contribution in [0.1, 0.15) is 27.2 Å². The predicted octanol–water partition coefficient (Wildman–Crippen LogP) is 4.03. The Hall–Kier alpha value is -2.95. The lowest BCUT2D eigenvalue weighted by Crippen LogP contribution is -2.23. The lowest BCUT2D eigenvalue weighted by Gasteiger charge is -2.07. The van der Waals surface area contributed by atoms with Gasteiger partial charge in [0.05, 0.1) is 0 Å². The van der Waals surface area contributed by atoms with Gasteiger partial charge in [-0.05, 0) is 43.7 Å². The van der Waals surface area contributed by atoms with Gasteiger partial charge >= 0.3 is 0 Å². The Balaban J connectivity index is 1.82. The summed E-state index contributed by atoms with van der Waals surface area (Å²) in [5.41, 5.74) is 3.56. The van der Waals surface area contributed by atoms with Crippen molar-refractivity contribution in [3.8, 4) is 11.3 Å². The average molecular weight is 324 g/mol. The van der Waals surface area contributed by atoms with Crippen LogP contribution in [0, 0.1) is 19.7 Å². The van der Waals surface area contributed by atoms with Crippen molar-refractivity contribution in [1.29, 1.82) is 0 Å². The van der Waals surface area contributed by atoms with Crippen LogP contribution in [-0.2, 0) is 6.54 Å². The molecule has 1 aromatic heterocycles. The van der Waals surface area contributed by atoms with E-state index in [1.807, 2.05) is 31.2 Å². The molecule has 3 aromatic rings. The third kappa shape index (κ3) is 3.35. The molecule has 4 nitrogen and oxygen atoms in total. The molecular weight excluding hydrogens is 307 g/mol. The third-order valence-corrected chi connectivity index (χ3v) is 3.74. The van der Waals surface area contributed by atoms with Crippen LogP contribution in [0.3, 0.4) is 0 Å². The second-order valence-electron chi connectivity index (χ2n) is 5.64. The molecule has 122 valence electrons. The molecule has 0 aliphatic rings. The molecule has 1 N–H and O–H groups in total. The minimum Gasteiger partial charge on any atom is -0.360 e. The summed E-state index contributed by atoms with van der Waals surface area (Å²) in [6.07, 6.45) is 0. The highest BCUT2D eigenvalue weighted by atomic mass is 19.1. The first-order valence-electron chi connectivity index (χ1n) is 7.60. The van der Waals surface area contributed by atoms with Crippen LogP contribution < -0.4 is 5.32 Å². The number of nitrogens with one attached hydrogen (secondary N) is 1. The number of nitrogens with zero attached hydrogens (tertiary/aromatic N) is 1. The molecule has 0 bridgehead atoms. The molecule has 0 fully saturated rings. The zero-order chi connectivity index (χ0) is 17.1. The largest absolute Gasteiger partial charge is 0.360 e. The first kappa shape index (κ1) is 15.9. The molecule has 0 atom stereocenters. The fourth-order valence-electron chi connectivity index (χ4n) is 2.54. The normalized spacial score (nSPS) is 10.6. The molecule has 0 saturated carbocycles. The van der Waals surface area contributed by atoms with Gasteiger partial charge in [0, 0.05) is 12.1 Å². The molecule has 3 rings (SSSR count). The molecule has 0 spiro atoms. The highest BCUT2D eigenvalue weighted by Crippen LogP contribution is 2.25. The van der Waals surface area contributed by atoms with Crippen LogP contribution in [0.2, 0.25) is 0 Å². The number of hydrogen-bond donors (Lipinski definition) is 1. The summed E-state index contributed by atoms with van der Waals surface area (Å²) in [4.78, 5) is 12.6. The van der Waals surface area contributed by atoms with E-state index < -0.39 is 0 Å². The smallest absolute Gasteiger partial charge is 0.257 e. The van der Waals surface area contributed by atoms with E-state index in [1.54, 1.807) is 19.1 Å². The van der Waals surface area contributed by atoms with E-state index in [2.05, 4.69) is 10.5 Å². The van der Waals surface area contributed by atoms with Crippen LogP contribution in [-0.4, -0.2) is 11.1 Å². The highest BCUT2D eigenvalue weighted by Gasteiger charge is 2.21. The summed E-state index contributed by atoms with van der Waals surface area (Å²) < 4.78 is 18.3. The first-order valence-corrected chi connectivity index (χ1v) is 7.60. The van der Waals surface area contributed by atoms with Gasteiger partial charge in [-0.25, -0.2) is 4.39 Å². The van der Waals surface area contributed by atoms with Crippen molar-refractivity contribution in [2.75, 3.05) is 0 Å². The molecule has 0 unspecified atom stereocenters. The summed E-state index contributed by atoms with van der Waals surface area (Å²) in [5, 5.41) is 6.83. The Morgan fingerprint density at radius 3 is 2.62 bits per heavy atom. The molecule has 1 amide bonds. The lowest BCUT2D eigenvalue weighted by atomic mass is 10.1. The van der Waals surface area contributed by atoms with Crippen molar-refractivity contribution in [3.63, 3.8) is 0 Å². The summed E-state index contributed by atoms with van der Waals surface area (Å²) in [6, 6.07) is 13.7. The number of amides is 1. The number of carbonyl (C=O) groups is 1. The SMILES string of the molecule is Cc1cccc(CNC(=O)c2c(-c3ccc(F)cc3)noc2C)c1. The molecular formula is C19H17FN2O2. The van der Waals surface area contributed by atoms with E-state index in [1.165, 1.54) is 12.1 Å². The number of benzene rings is 2. The molecule has 2 aromatic carbocycles. The standard InChI is InChI=1S/C19H17FN2O2/c1-12-4-3-5-14(10-12)11-21-19(23)17-13(2)24-22-18(17)15-6-8-16(20)9-7-15/h3-10H,11H2,1-2H3,(H,21,23). The van der Waals surface area contributed by atoms with Gasteiger partial charge in [-0.15, -0.1) is 0 Å². The lowest BCUT2D eigenvalue weighted by molar-refractivity contribution is 0.0950. The van der Waals surface area contributed by atoms with Crippen molar-refractivity contribution in [2.24, 2.45) is 0 Å². The van der Waals surface area contributed by atoms with Crippen LogP contribution in [0.4, 0.5) is 4.39 Å². The summed E-state index contributed by atoms with van der Waals surface area (Å²) in [7, 11) is 0. The van der Waals surface area contributed by atoms with Crippen molar-refractivity contribution >= 4 is 5.91 Å². The Morgan fingerprint density at radius 2 is 1.92 bits per heavy atom. The van der Waals surface area contributed by atoms with Crippen molar-refractivity contribution in [2.45, 2.75) is 20.4 Å². The zero-order valence-electron chi connectivity index (χ0n) is 13.5. The van der Waals surface area contributed by atoms with Gasteiger partial charge in [0.2, 0.25) is 0 Å². The number of halogens is 1. The van der Waals surface area contributed by atoms with Crippen LogP contribution in [0.15, 0.2) is 53.1 Å². The second-order valence-corrected chi connectivity index (χ2v) is 5.64. The minimum atomic E-state index is -0.343. The fraction of sp³-hybridized carbons (Fsp3) is 0.158. The summed E-state index contributed by atoms with van der Waals surface area (Å²) in [6.45, 7) is 4.09. The summed E-state index contributed by atoms with van der Waals surface area (Å²) >= 11 is 0. The van der Waals surface area contributed by atoms with E-state index in [0.717, 1.165) is 11.1 Å². The Morgan fingerprint density at radius 1 is 1.17 bits per heavy atom. The van der Waals surface area contributed by atoms with Gasteiger partial charge in [0.15, 0.2) is 0 Å². The molecule has 24 heavy (non-hydrogen) atoms. The Labute approximate surface area is 139 Å². The first-order chi connectivity index (χ1) is 11.5. The van der Waals surface area contributed by atoms with Gasteiger partial charge in [-0.3, -0.25) is 4.79 Å². The predicted molar refractivity (Wildman–Crippen MR) is 89.0 cm³/mol. The van der Waals surface area contributed by atoms with E-state index in [-0.39, 0.29) is 11.7 Å². The van der Waals surface area contributed by atoms with Crippen molar-refractivity contribution in [1.82, 2.24) is 10.5 Å². The molecule has 0 aliphatic carbocycles. The fourth-order valence-corrected chi connectivity index (χ4v) is 2.54. The molecule has 0 aliphatic heterocycles. The number of aromatic nitrogens is 1. The van der Waals surface area contributed by atoms with Gasteiger partial charge in [0.25, 0.3) is 5.91 Å². The van der Waals surface area contributed by atoms with Gasteiger partial charge in [-0.1, -0.05) is 35.0 Å².